The minimum atomic E-state index is -0.375. The molecule has 0 radical (unpaired) electrons. The number of fused-ring (bicyclic) bond motifs is 4. The number of rotatable bonds is 9. The Labute approximate surface area is 254 Å². The van der Waals surface area contributed by atoms with Crippen molar-refractivity contribution in [1.82, 2.24) is 5.32 Å². The van der Waals surface area contributed by atoms with E-state index in [1.807, 2.05) is 36.4 Å². The molecule has 0 bridgehead atoms. The normalized spacial score (nSPS) is 14.6. The summed E-state index contributed by atoms with van der Waals surface area (Å²) in [5.41, 5.74) is 18.0. The van der Waals surface area contributed by atoms with Crippen molar-refractivity contribution in [1.29, 1.82) is 5.41 Å². The average Bonchev–Trinajstić information content (AvgIpc) is 3.26. The van der Waals surface area contributed by atoms with Crippen molar-refractivity contribution in [3.63, 3.8) is 0 Å². The average molecular weight is 560 g/mol. The van der Waals surface area contributed by atoms with Crippen LogP contribution in [-0.4, -0.2) is 6.21 Å². The van der Waals surface area contributed by atoms with Gasteiger partial charge in [-0.15, -0.1) is 0 Å². The number of allylic oxidation sites excluding steroid dienone is 4. The third-order valence-corrected chi connectivity index (χ3v) is 8.58. The standard InChI is InChI=1S/C40H37N3/c1-4-12-32(26-41)29-18-10-13-27(23-29)21-22-37(43-39(42)28-14-6-5-7-15-28)33-19-11-20-35-38(33)34-24-30-16-8-9-17-31(30)25-36(34)40(35,2)3/h4-20,22-26,39,41,43H,1,21,42H2,2-3H3/b32-12+,37-22-,41-26?. The van der Waals surface area contributed by atoms with Crippen molar-refractivity contribution in [2.75, 3.05) is 0 Å². The number of hydrogen-bond acceptors (Lipinski definition) is 3. The highest BCUT2D eigenvalue weighted by atomic mass is 15.0. The van der Waals surface area contributed by atoms with Crippen molar-refractivity contribution in [2.45, 2.75) is 31.8 Å². The zero-order valence-corrected chi connectivity index (χ0v) is 24.8. The third kappa shape index (κ3) is 5.36. The Morgan fingerprint density at radius 1 is 0.860 bits per heavy atom. The lowest BCUT2D eigenvalue weighted by Crippen LogP contribution is -2.28. The minimum absolute atomic E-state index is 0.133. The first-order chi connectivity index (χ1) is 20.9. The van der Waals surface area contributed by atoms with Gasteiger partial charge in [-0.05, 0) is 73.8 Å². The summed E-state index contributed by atoms with van der Waals surface area (Å²) < 4.78 is 0. The van der Waals surface area contributed by atoms with Gasteiger partial charge in [0.15, 0.2) is 0 Å². The van der Waals surface area contributed by atoms with E-state index >= 15 is 0 Å². The third-order valence-electron chi connectivity index (χ3n) is 8.58. The van der Waals surface area contributed by atoms with Crippen LogP contribution in [0.5, 0.6) is 0 Å². The molecule has 5 aromatic rings. The fraction of sp³-hybridized carbons (Fsp3) is 0.125. The van der Waals surface area contributed by atoms with Gasteiger partial charge >= 0.3 is 0 Å². The number of hydrogen-bond donors (Lipinski definition) is 3. The fourth-order valence-corrected chi connectivity index (χ4v) is 6.31. The molecule has 1 unspecified atom stereocenters. The molecule has 0 saturated heterocycles. The highest BCUT2D eigenvalue weighted by Gasteiger charge is 2.37. The van der Waals surface area contributed by atoms with Gasteiger partial charge in [0.05, 0.1) is 0 Å². The van der Waals surface area contributed by atoms with Crippen LogP contribution in [0, 0.1) is 5.41 Å². The maximum atomic E-state index is 7.85. The van der Waals surface area contributed by atoms with E-state index in [0.29, 0.717) is 6.42 Å². The lowest BCUT2D eigenvalue weighted by atomic mass is 9.81. The summed E-state index contributed by atoms with van der Waals surface area (Å²) in [7, 11) is 0. The molecule has 4 N–H and O–H groups in total. The Bertz CT molecular complexity index is 1890. The van der Waals surface area contributed by atoms with Gasteiger partial charge in [0.25, 0.3) is 0 Å². The van der Waals surface area contributed by atoms with E-state index < -0.39 is 0 Å². The Morgan fingerprint density at radius 3 is 2.33 bits per heavy atom. The van der Waals surface area contributed by atoms with Gasteiger partial charge in [-0.2, -0.15) is 0 Å². The van der Waals surface area contributed by atoms with Gasteiger partial charge in [-0.1, -0.05) is 136 Å². The summed E-state index contributed by atoms with van der Waals surface area (Å²) >= 11 is 0. The molecule has 1 aliphatic carbocycles. The summed E-state index contributed by atoms with van der Waals surface area (Å²) in [5.74, 6) is 0. The number of benzene rings is 5. The van der Waals surface area contributed by atoms with Gasteiger partial charge in [0.2, 0.25) is 0 Å². The zero-order chi connectivity index (χ0) is 30.0. The monoisotopic (exact) mass is 559 g/mol. The van der Waals surface area contributed by atoms with Crippen molar-refractivity contribution >= 4 is 28.3 Å². The quantitative estimate of drug-likeness (QED) is 0.0958. The predicted molar refractivity (Wildman–Crippen MR) is 183 cm³/mol. The Balaban J connectivity index is 1.48. The van der Waals surface area contributed by atoms with Crippen molar-refractivity contribution in [3.05, 3.63) is 167 Å². The SMILES string of the molecule is C=C/C=C(\C=N)c1cccc(C/C=C(\NC(N)c2ccccc2)c2cccc3c2-c2cc4ccccc4cc2C3(C)C)c1. The molecule has 1 aliphatic rings. The van der Waals surface area contributed by atoms with Crippen LogP contribution in [0.2, 0.25) is 0 Å². The van der Waals surface area contributed by atoms with Crippen LogP contribution in [0.4, 0.5) is 0 Å². The molecule has 43 heavy (non-hydrogen) atoms. The van der Waals surface area contributed by atoms with E-state index in [1.54, 1.807) is 6.08 Å². The van der Waals surface area contributed by atoms with Crippen LogP contribution in [-0.2, 0) is 11.8 Å². The van der Waals surface area contributed by atoms with Gasteiger partial charge in [-0.3, -0.25) is 0 Å². The lowest BCUT2D eigenvalue weighted by molar-refractivity contribution is 0.659. The molecule has 3 heteroatoms. The summed E-state index contributed by atoms with van der Waals surface area (Å²) in [4.78, 5) is 0. The Kier molecular flexibility index (Phi) is 7.67. The molecule has 0 heterocycles. The Hall–Kier alpha value is -4.99. The van der Waals surface area contributed by atoms with Crippen LogP contribution in [0.3, 0.4) is 0 Å². The summed E-state index contributed by atoms with van der Waals surface area (Å²) in [5, 5.41) is 14.0. The second-order valence-electron chi connectivity index (χ2n) is 11.7. The maximum Gasteiger partial charge on any atom is 0.101 e. The van der Waals surface area contributed by atoms with Gasteiger partial charge < -0.3 is 16.5 Å². The van der Waals surface area contributed by atoms with Crippen molar-refractivity contribution < 1.29 is 0 Å². The molecule has 0 amide bonds. The van der Waals surface area contributed by atoms with Gasteiger partial charge in [0.1, 0.15) is 6.17 Å². The highest BCUT2D eigenvalue weighted by Crippen LogP contribution is 2.52. The minimum Gasteiger partial charge on any atom is -0.366 e. The number of nitrogens with two attached hydrogens (primary N) is 1. The molecule has 212 valence electrons. The molecule has 0 saturated carbocycles. The van der Waals surface area contributed by atoms with E-state index in [4.69, 9.17) is 11.1 Å². The molecule has 1 atom stereocenters. The van der Waals surface area contributed by atoms with Gasteiger partial charge in [-0.25, -0.2) is 0 Å². The predicted octanol–water partition coefficient (Wildman–Crippen LogP) is 9.20. The molecular formula is C40H37N3. The smallest absolute Gasteiger partial charge is 0.101 e. The zero-order valence-electron chi connectivity index (χ0n) is 24.8. The van der Waals surface area contributed by atoms with Crippen LogP contribution in [0.25, 0.3) is 33.2 Å². The molecular weight excluding hydrogens is 522 g/mol. The molecule has 6 rings (SSSR count). The molecule has 0 spiro atoms. The topological polar surface area (TPSA) is 61.9 Å². The van der Waals surface area contributed by atoms with Crippen LogP contribution in [0.15, 0.2) is 134 Å². The summed E-state index contributed by atoms with van der Waals surface area (Å²) in [6.07, 6.45) is 7.54. The van der Waals surface area contributed by atoms with Crippen molar-refractivity contribution in [3.8, 4) is 11.1 Å². The first-order valence-corrected chi connectivity index (χ1v) is 14.8. The van der Waals surface area contributed by atoms with Crippen LogP contribution >= 0.6 is 0 Å². The van der Waals surface area contributed by atoms with Crippen LogP contribution < -0.4 is 11.1 Å². The largest absolute Gasteiger partial charge is 0.366 e. The first kappa shape index (κ1) is 28.1. The fourth-order valence-electron chi connectivity index (χ4n) is 6.31. The Morgan fingerprint density at radius 2 is 1.58 bits per heavy atom. The van der Waals surface area contributed by atoms with Gasteiger partial charge in [0, 0.05) is 22.9 Å². The first-order valence-electron chi connectivity index (χ1n) is 14.8. The second-order valence-corrected chi connectivity index (χ2v) is 11.7. The molecule has 0 aromatic heterocycles. The van der Waals surface area contributed by atoms with Crippen LogP contribution in [0.1, 0.15) is 53.4 Å². The molecule has 0 aliphatic heterocycles. The lowest BCUT2D eigenvalue weighted by Gasteiger charge is -2.23. The summed E-state index contributed by atoms with van der Waals surface area (Å²) in [6.45, 7) is 8.45. The van der Waals surface area contributed by atoms with E-state index in [2.05, 4.69) is 111 Å². The van der Waals surface area contributed by atoms with E-state index in [1.165, 1.54) is 39.2 Å². The molecule has 3 nitrogen and oxygen atoms in total. The summed E-state index contributed by atoms with van der Waals surface area (Å²) in [6, 6.07) is 38.5. The molecule has 5 aromatic carbocycles. The van der Waals surface area contributed by atoms with E-state index in [9.17, 15) is 0 Å². The van der Waals surface area contributed by atoms with E-state index in [0.717, 1.165) is 33.5 Å². The maximum absolute atomic E-state index is 7.85. The molecule has 0 fully saturated rings. The second kappa shape index (κ2) is 11.7. The highest BCUT2D eigenvalue weighted by molar-refractivity contribution is 6.08. The van der Waals surface area contributed by atoms with Crippen molar-refractivity contribution in [2.24, 2.45) is 5.73 Å². The van der Waals surface area contributed by atoms with E-state index in [-0.39, 0.29) is 11.6 Å². The number of nitrogens with one attached hydrogen (secondary N) is 2.